The molecule has 0 saturated carbocycles. The summed E-state index contributed by atoms with van der Waals surface area (Å²) in [6.07, 6.45) is 2.14. The smallest absolute Gasteiger partial charge is 0.309 e. The second-order valence-corrected chi connectivity index (χ2v) is 5.91. The first-order valence-electron chi connectivity index (χ1n) is 6.37. The van der Waals surface area contributed by atoms with Gasteiger partial charge in [0.05, 0.1) is 17.4 Å². The third-order valence-electron chi connectivity index (χ3n) is 3.60. The molecule has 2 N–H and O–H groups in total. The van der Waals surface area contributed by atoms with Crippen molar-refractivity contribution in [1.82, 2.24) is 5.32 Å². The molecule has 1 unspecified atom stereocenters. The molecule has 0 aliphatic carbocycles. The van der Waals surface area contributed by atoms with Crippen LogP contribution < -0.4 is 5.32 Å². The Morgan fingerprint density at radius 1 is 1.44 bits per heavy atom. The number of nitrogens with one attached hydrogen (secondary N) is 1. The Bertz CT molecular complexity index is 319. The average Bonchev–Trinajstić information content (AvgIpc) is 2.29. The van der Waals surface area contributed by atoms with Crippen molar-refractivity contribution in [3.05, 3.63) is 0 Å². The van der Waals surface area contributed by atoms with Gasteiger partial charge in [0.2, 0.25) is 5.91 Å². The van der Waals surface area contributed by atoms with E-state index in [4.69, 9.17) is 9.84 Å². The predicted octanol–water partition coefficient (Wildman–Crippen LogP) is 1.42. The number of hydrogen-bond acceptors (Lipinski definition) is 3. The van der Waals surface area contributed by atoms with E-state index in [1.165, 1.54) is 0 Å². The number of carboxylic acid groups (broad SMARTS) is 1. The number of carbonyl (C=O) groups excluding carboxylic acids is 1. The molecule has 1 fully saturated rings. The summed E-state index contributed by atoms with van der Waals surface area (Å²) in [5.74, 6) is -0.882. The highest BCUT2D eigenvalue weighted by atomic mass is 16.5. The highest BCUT2D eigenvalue weighted by Gasteiger charge is 2.35. The van der Waals surface area contributed by atoms with E-state index in [1.54, 1.807) is 13.8 Å². The van der Waals surface area contributed by atoms with Gasteiger partial charge in [-0.1, -0.05) is 0 Å². The molecule has 1 heterocycles. The van der Waals surface area contributed by atoms with Gasteiger partial charge in [-0.3, -0.25) is 9.59 Å². The molecule has 5 nitrogen and oxygen atoms in total. The molecule has 0 bridgehead atoms. The zero-order valence-corrected chi connectivity index (χ0v) is 11.4. The van der Waals surface area contributed by atoms with Gasteiger partial charge in [-0.05, 0) is 40.0 Å². The van der Waals surface area contributed by atoms with Crippen LogP contribution in [0.2, 0.25) is 0 Å². The summed E-state index contributed by atoms with van der Waals surface area (Å²) in [6, 6.07) is 0. The molecular weight excluding hydrogens is 234 g/mol. The van der Waals surface area contributed by atoms with Crippen LogP contribution in [0.5, 0.6) is 0 Å². The molecule has 1 saturated heterocycles. The summed E-state index contributed by atoms with van der Waals surface area (Å²) in [5.41, 5.74) is -1.27. The predicted molar refractivity (Wildman–Crippen MR) is 67.2 cm³/mol. The van der Waals surface area contributed by atoms with Gasteiger partial charge >= 0.3 is 5.97 Å². The van der Waals surface area contributed by atoms with Crippen molar-refractivity contribution in [3.63, 3.8) is 0 Å². The molecule has 0 aromatic rings. The molecule has 1 amide bonds. The van der Waals surface area contributed by atoms with E-state index in [-0.39, 0.29) is 5.91 Å². The molecule has 1 atom stereocenters. The first kappa shape index (κ1) is 15.0. The Morgan fingerprint density at radius 3 is 2.61 bits per heavy atom. The second-order valence-electron chi connectivity index (χ2n) is 5.91. The van der Waals surface area contributed by atoms with Crippen molar-refractivity contribution < 1.29 is 19.4 Å². The number of aliphatic carboxylic acids is 1. The van der Waals surface area contributed by atoms with E-state index < -0.39 is 16.8 Å². The van der Waals surface area contributed by atoms with Crippen molar-refractivity contribution in [2.24, 2.45) is 10.8 Å². The zero-order valence-electron chi connectivity index (χ0n) is 11.4. The molecule has 1 aliphatic heterocycles. The van der Waals surface area contributed by atoms with Gasteiger partial charge in [0.15, 0.2) is 0 Å². The summed E-state index contributed by atoms with van der Waals surface area (Å²) >= 11 is 0. The summed E-state index contributed by atoms with van der Waals surface area (Å²) < 4.78 is 5.34. The summed E-state index contributed by atoms with van der Waals surface area (Å²) in [5, 5.41) is 11.8. The van der Waals surface area contributed by atoms with Gasteiger partial charge in [-0.25, -0.2) is 0 Å². The van der Waals surface area contributed by atoms with Gasteiger partial charge < -0.3 is 15.2 Å². The molecule has 0 radical (unpaired) electrons. The third kappa shape index (κ3) is 3.70. The van der Waals surface area contributed by atoms with Crippen molar-refractivity contribution >= 4 is 11.9 Å². The lowest BCUT2D eigenvalue weighted by atomic mass is 9.83. The standard InChI is InChI=1S/C13H23NO4/c1-12(2,11(16)17)6-7-14-10(15)13(3)5-4-8-18-9-13/h4-9H2,1-3H3,(H,14,15)(H,16,17). The molecule has 1 rings (SSSR count). The molecule has 0 aromatic heterocycles. The Labute approximate surface area is 108 Å². The minimum atomic E-state index is -0.844. The quantitative estimate of drug-likeness (QED) is 0.781. The number of amides is 1. The zero-order chi connectivity index (χ0) is 13.8. The average molecular weight is 257 g/mol. The van der Waals surface area contributed by atoms with Crippen LogP contribution in [-0.4, -0.2) is 36.7 Å². The van der Waals surface area contributed by atoms with Crippen LogP contribution in [0.15, 0.2) is 0 Å². The largest absolute Gasteiger partial charge is 0.481 e. The molecule has 5 heteroatoms. The molecule has 0 aromatic carbocycles. The van der Waals surface area contributed by atoms with E-state index in [9.17, 15) is 9.59 Å². The van der Waals surface area contributed by atoms with E-state index in [0.29, 0.717) is 19.6 Å². The monoisotopic (exact) mass is 257 g/mol. The Morgan fingerprint density at radius 2 is 2.11 bits per heavy atom. The van der Waals surface area contributed by atoms with Crippen LogP contribution in [0.1, 0.15) is 40.0 Å². The van der Waals surface area contributed by atoms with Gasteiger partial charge in [-0.15, -0.1) is 0 Å². The van der Waals surface area contributed by atoms with Crippen LogP contribution in [0.4, 0.5) is 0 Å². The van der Waals surface area contributed by atoms with E-state index in [1.807, 2.05) is 6.92 Å². The molecular formula is C13H23NO4. The number of hydrogen-bond donors (Lipinski definition) is 2. The summed E-state index contributed by atoms with van der Waals surface area (Å²) in [6.45, 7) is 6.76. The molecule has 104 valence electrons. The maximum atomic E-state index is 12.0. The van der Waals surface area contributed by atoms with Crippen LogP contribution >= 0.6 is 0 Å². The van der Waals surface area contributed by atoms with Crippen LogP contribution in [0.25, 0.3) is 0 Å². The van der Waals surface area contributed by atoms with Crippen LogP contribution in [-0.2, 0) is 14.3 Å². The summed E-state index contributed by atoms with van der Waals surface area (Å²) in [7, 11) is 0. The highest BCUT2D eigenvalue weighted by molar-refractivity contribution is 5.82. The van der Waals surface area contributed by atoms with E-state index in [0.717, 1.165) is 19.4 Å². The van der Waals surface area contributed by atoms with Gasteiger partial charge in [0, 0.05) is 13.2 Å². The lowest BCUT2D eigenvalue weighted by molar-refractivity contribution is -0.147. The third-order valence-corrected chi connectivity index (χ3v) is 3.60. The second kappa shape index (κ2) is 5.69. The van der Waals surface area contributed by atoms with Gasteiger partial charge in [-0.2, -0.15) is 0 Å². The minimum Gasteiger partial charge on any atom is -0.481 e. The fourth-order valence-electron chi connectivity index (χ4n) is 1.92. The number of ether oxygens (including phenoxy) is 1. The first-order valence-corrected chi connectivity index (χ1v) is 6.37. The lowest BCUT2D eigenvalue weighted by Gasteiger charge is -2.32. The minimum absolute atomic E-state index is 0.0385. The molecule has 0 spiro atoms. The highest BCUT2D eigenvalue weighted by Crippen LogP contribution is 2.28. The van der Waals surface area contributed by atoms with Crippen molar-refractivity contribution in [1.29, 1.82) is 0 Å². The first-order chi connectivity index (χ1) is 8.28. The normalized spacial score (nSPS) is 24.6. The van der Waals surface area contributed by atoms with Gasteiger partial charge in [0.1, 0.15) is 0 Å². The van der Waals surface area contributed by atoms with Crippen molar-refractivity contribution in [3.8, 4) is 0 Å². The summed E-state index contributed by atoms with van der Waals surface area (Å²) in [4.78, 5) is 23.0. The van der Waals surface area contributed by atoms with Crippen molar-refractivity contribution in [2.45, 2.75) is 40.0 Å². The van der Waals surface area contributed by atoms with Crippen LogP contribution in [0, 0.1) is 10.8 Å². The van der Waals surface area contributed by atoms with Crippen molar-refractivity contribution in [2.75, 3.05) is 19.8 Å². The Balaban J connectivity index is 2.39. The van der Waals surface area contributed by atoms with Gasteiger partial charge in [0.25, 0.3) is 0 Å². The lowest BCUT2D eigenvalue weighted by Crippen LogP contribution is -2.45. The topological polar surface area (TPSA) is 75.6 Å². The fourth-order valence-corrected chi connectivity index (χ4v) is 1.92. The Hall–Kier alpha value is -1.10. The number of carboxylic acids is 1. The van der Waals surface area contributed by atoms with E-state index >= 15 is 0 Å². The maximum absolute atomic E-state index is 12.0. The molecule has 1 aliphatic rings. The van der Waals surface area contributed by atoms with E-state index in [2.05, 4.69) is 5.32 Å². The Kier molecular flexibility index (Phi) is 4.73. The van der Waals surface area contributed by atoms with Crippen LogP contribution in [0.3, 0.4) is 0 Å². The fraction of sp³-hybridized carbons (Fsp3) is 0.846. The maximum Gasteiger partial charge on any atom is 0.309 e. The SMILES string of the molecule is CC(C)(CCNC(=O)C1(C)CCCOC1)C(=O)O. The molecule has 18 heavy (non-hydrogen) atoms. The number of carbonyl (C=O) groups is 2. The number of rotatable bonds is 5.